The average molecular weight is 311 g/mol. The van der Waals surface area contributed by atoms with Gasteiger partial charge in [-0.25, -0.2) is 0 Å². The van der Waals surface area contributed by atoms with Crippen molar-refractivity contribution in [3.05, 3.63) is 42.2 Å². The monoisotopic (exact) mass is 311 g/mol. The summed E-state index contributed by atoms with van der Waals surface area (Å²) >= 11 is 0. The van der Waals surface area contributed by atoms with Gasteiger partial charge < -0.3 is 10.2 Å². The van der Waals surface area contributed by atoms with E-state index in [2.05, 4.69) is 29.0 Å². The molecule has 1 fully saturated rings. The SMILES string of the molecule is CC(C)N1CCCC(CNC(=O)c2nccc3ccccc23)C1. The first-order chi connectivity index (χ1) is 11.1. The summed E-state index contributed by atoms with van der Waals surface area (Å²) in [6.07, 6.45) is 4.11. The van der Waals surface area contributed by atoms with E-state index in [0.717, 1.165) is 23.9 Å². The fraction of sp³-hybridized carbons (Fsp3) is 0.474. The minimum absolute atomic E-state index is 0.0662. The molecule has 0 saturated carbocycles. The number of aromatic nitrogens is 1. The van der Waals surface area contributed by atoms with E-state index < -0.39 is 0 Å². The Kier molecular flexibility index (Phi) is 4.91. The van der Waals surface area contributed by atoms with Gasteiger partial charge in [-0.15, -0.1) is 0 Å². The summed E-state index contributed by atoms with van der Waals surface area (Å²) in [7, 11) is 0. The molecule has 4 nitrogen and oxygen atoms in total. The lowest BCUT2D eigenvalue weighted by Crippen LogP contribution is -2.43. The van der Waals surface area contributed by atoms with Gasteiger partial charge in [0.15, 0.2) is 0 Å². The molecule has 1 amide bonds. The number of rotatable bonds is 4. The molecule has 1 aromatic heterocycles. The lowest BCUT2D eigenvalue weighted by Gasteiger charge is -2.35. The van der Waals surface area contributed by atoms with Crippen LogP contribution in [0, 0.1) is 5.92 Å². The Morgan fingerprint density at radius 1 is 1.35 bits per heavy atom. The van der Waals surface area contributed by atoms with Crippen LogP contribution >= 0.6 is 0 Å². The van der Waals surface area contributed by atoms with E-state index in [4.69, 9.17) is 0 Å². The maximum absolute atomic E-state index is 12.5. The van der Waals surface area contributed by atoms with Gasteiger partial charge in [-0.2, -0.15) is 0 Å². The van der Waals surface area contributed by atoms with Gasteiger partial charge in [0.2, 0.25) is 0 Å². The third kappa shape index (κ3) is 3.70. The van der Waals surface area contributed by atoms with Crippen molar-refractivity contribution in [1.29, 1.82) is 0 Å². The van der Waals surface area contributed by atoms with Crippen molar-refractivity contribution < 1.29 is 4.79 Å². The Hall–Kier alpha value is -1.94. The van der Waals surface area contributed by atoms with E-state index in [1.165, 1.54) is 19.4 Å². The Balaban J connectivity index is 1.65. The molecule has 1 aromatic carbocycles. The molecule has 2 heterocycles. The summed E-state index contributed by atoms with van der Waals surface area (Å²) in [4.78, 5) is 19.3. The third-order valence-corrected chi connectivity index (χ3v) is 4.72. The second-order valence-corrected chi connectivity index (χ2v) is 6.69. The summed E-state index contributed by atoms with van der Waals surface area (Å²) in [6.45, 7) is 7.45. The topological polar surface area (TPSA) is 45.2 Å². The highest BCUT2D eigenvalue weighted by Gasteiger charge is 2.22. The van der Waals surface area contributed by atoms with Crippen molar-refractivity contribution in [3.63, 3.8) is 0 Å². The minimum atomic E-state index is -0.0662. The average Bonchev–Trinajstić information content (AvgIpc) is 2.59. The highest BCUT2D eigenvalue weighted by atomic mass is 16.1. The van der Waals surface area contributed by atoms with Crippen molar-refractivity contribution in [2.45, 2.75) is 32.7 Å². The van der Waals surface area contributed by atoms with E-state index >= 15 is 0 Å². The molecule has 0 radical (unpaired) electrons. The van der Waals surface area contributed by atoms with Crippen molar-refractivity contribution >= 4 is 16.7 Å². The fourth-order valence-corrected chi connectivity index (χ4v) is 3.35. The molecule has 1 atom stereocenters. The molecule has 1 aliphatic rings. The van der Waals surface area contributed by atoms with Crippen LogP contribution in [0.25, 0.3) is 10.8 Å². The zero-order valence-corrected chi connectivity index (χ0v) is 14.0. The van der Waals surface area contributed by atoms with Crippen LogP contribution in [0.2, 0.25) is 0 Å². The van der Waals surface area contributed by atoms with E-state index in [9.17, 15) is 4.79 Å². The van der Waals surface area contributed by atoms with E-state index in [-0.39, 0.29) is 5.91 Å². The molecular weight excluding hydrogens is 286 g/mol. The molecule has 0 spiro atoms. The van der Waals surface area contributed by atoms with Gasteiger partial charge in [0, 0.05) is 30.7 Å². The molecule has 1 N–H and O–H groups in total. The molecule has 0 bridgehead atoms. The highest BCUT2D eigenvalue weighted by Crippen LogP contribution is 2.19. The van der Waals surface area contributed by atoms with Gasteiger partial charge in [0.25, 0.3) is 5.91 Å². The smallest absolute Gasteiger partial charge is 0.270 e. The quantitative estimate of drug-likeness (QED) is 0.944. The van der Waals surface area contributed by atoms with Crippen molar-refractivity contribution in [2.75, 3.05) is 19.6 Å². The van der Waals surface area contributed by atoms with Crippen molar-refractivity contribution in [1.82, 2.24) is 15.2 Å². The minimum Gasteiger partial charge on any atom is -0.350 e. The summed E-state index contributed by atoms with van der Waals surface area (Å²) in [6, 6.07) is 10.4. The molecule has 1 unspecified atom stereocenters. The van der Waals surface area contributed by atoms with Crippen LogP contribution in [0.1, 0.15) is 37.2 Å². The Bertz CT molecular complexity index is 678. The van der Waals surface area contributed by atoms with Crippen LogP contribution in [0.4, 0.5) is 0 Å². The van der Waals surface area contributed by atoms with Gasteiger partial charge in [-0.05, 0) is 50.6 Å². The first kappa shape index (κ1) is 15.9. The van der Waals surface area contributed by atoms with Crippen LogP contribution < -0.4 is 5.32 Å². The number of nitrogens with one attached hydrogen (secondary N) is 1. The predicted molar refractivity (Wildman–Crippen MR) is 93.5 cm³/mol. The van der Waals surface area contributed by atoms with Crippen molar-refractivity contribution in [2.24, 2.45) is 5.92 Å². The summed E-state index contributed by atoms with van der Waals surface area (Å²) in [5.74, 6) is 0.466. The number of piperidine rings is 1. The molecule has 1 aliphatic heterocycles. The lowest BCUT2D eigenvalue weighted by atomic mass is 9.97. The first-order valence-corrected chi connectivity index (χ1v) is 8.51. The number of carbonyl (C=O) groups excluding carboxylic acids is 1. The van der Waals surface area contributed by atoms with E-state index in [1.807, 2.05) is 30.3 Å². The molecule has 3 rings (SSSR count). The summed E-state index contributed by atoms with van der Waals surface area (Å²) < 4.78 is 0. The Morgan fingerprint density at radius 2 is 2.17 bits per heavy atom. The molecule has 1 saturated heterocycles. The zero-order valence-electron chi connectivity index (χ0n) is 14.0. The lowest BCUT2D eigenvalue weighted by molar-refractivity contribution is 0.0919. The second kappa shape index (κ2) is 7.09. The van der Waals surface area contributed by atoms with Crippen molar-refractivity contribution in [3.8, 4) is 0 Å². The van der Waals surface area contributed by atoms with Crippen LogP contribution in [0.3, 0.4) is 0 Å². The van der Waals surface area contributed by atoms with Gasteiger partial charge in [0.05, 0.1) is 0 Å². The number of hydrogen-bond acceptors (Lipinski definition) is 3. The molecule has 2 aromatic rings. The van der Waals surface area contributed by atoms with Crippen LogP contribution in [-0.4, -0.2) is 41.5 Å². The molecular formula is C19H25N3O. The number of likely N-dealkylation sites (tertiary alicyclic amines) is 1. The Morgan fingerprint density at radius 3 is 3.00 bits per heavy atom. The van der Waals surface area contributed by atoms with E-state index in [0.29, 0.717) is 17.7 Å². The Labute approximate surface area is 137 Å². The zero-order chi connectivity index (χ0) is 16.2. The van der Waals surface area contributed by atoms with E-state index in [1.54, 1.807) is 6.20 Å². The maximum Gasteiger partial charge on any atom is 0.270 e. The van der Waals surface area contributed by atoms with Crippen LogP contribution in [0.5, 0.6) is 0 Å². The number of fused-ring (bicyclic) bond motifs is 1. The summed E-state index contributed by atoms with van der Waals surface area (Å²) in [5, 5.41) is 5.06. The number of pyridine rings is 1. The molecule has 23 heavy (non-hydrogen) atoms. The number of nitrogens with zero attached hydrogens (tertiary/aromatic N) is 2. The fourth-order valence-electron chi connectivity index (χ4n) is 3.35. The van der Waals surface area contributed by atoms with Gasteiger partial charge in [-0.1, -0.05) is 24.3 Å². The normalized spacial score (nSPS) is 19.2. The number of hydrogen-bond donors (Lipinski definition) is 1. The number of amides is 1. The maximum atomic E-state index is 12.5. The third-order valence-electron chi connectivity index (χ3n) is 4.72. The number of benzene rings is 1. The van der Waals surface area contributed by atoms with Gasteiger partial charge >= 0.3 is 0 Å². The summed E-state index contributed by atoms with van der Waals surface area (Å²) in [5.41, 5.74) is 0.527. The molecule has 0 aliphatic carbocycles. The predicted octanol–water partition coefficient (Wildman–Crippen LogP) is 3.09. The molecule has 122 valence electrons. The van der Waals surface area contributed by atoms with Gasteiger partial charge in [0.1, 0.15) is 5.69 Å². The van der Waals surface area contributed by atoms with Crippen LogP contribution in [-0.2, 0) is 0 Å². The first-order valence-electron chi connectivity index (χ1n) is 8.51. The second-order valence-electron chi connectivity index (χ2n) is 6.69. The molecule has 4 heteroatoms. The van der Waals surface area contributed by atoms with Crippen LogP contribution in [0.15, 0.2) is 36.5 Å². The highest BCUT2D eigenvalue weighted by molar-refractivity contribution is 6.05. The van der Waals surface area contributed by atoms with Gasteiger partial charge in [-0.3, -0.25) is 9.78 Å². The largest absolute Gasteiger partial charge is 0.350 e. The number of carbonyl (C=O) groups is 1. The standard InChI is InChI=1S/C19H25N3O/c1-14(2)22-11-5-6-15(13-22)12-21-19(23)18-17-8-4-3-7-16(17)9-10-20-18/h3-4,7-10,14-15H,5-6,11-13H2,1-2H3,(H,21,23).